The van der Waals surface area contributed by atoms with Gasteiger partial charge < -0.3 is 10.2 Å². The summed E-state index contributed by atoms with van der Waals surface area (Å²) in [6, 6.07) is 0.194. The first-order valence-corrected chi connectivity index (χ1v) is 10.3. The molecule has 0 saturated carbocycles. The van der Waals surface area contributed by atoms with E-state index < -0.39 is 10.0 Å². The number of amides is 1. The number of hydrogen-bond acceptors (Lipinski definition) is 5. The molecule has 1 aromatic rings. The molecule has 0 bridgehead atoms. The van der Waals surface area contributed by atoms with Gasteiger partial charge in [0.25, 0.3) is 0 Å². The number of hydrogen-bond donors (Lipinski definition) is 2. The van der Waals surface area contributed by atoms with Crippen LogP contribution >= 0.6 is 12.4 Å². The summed E-state index contributed by atoms with van der Waals surface area (Å²) in [6.07, 6.45) is 1.15. The van der Waals surface area contributed by atoms with Crippen LogP contribution in [0.2, 0.25) is 0 Å². The molecule has 0 aromatic carbocycles. The van der Waals surface area contributed by atoms with Gasteiger partial charge in [-0.1, -0.05) is 0 Å². The highest BCUT2D eigenvalue weighted by Gasteiger charge is 2.36. The summed E-state index contributed by atoms with van der Waals surface area (Å²) in [5.41, 5.74) is 1.05. The summed E-state index contributed by atoms with van der Waals surface area (Å²) in [5, 5.41) is 10.0. The van der Waals surface area contributed by atoms with Gasteiger partial charge in [0.1, 0.15) is 4.90 Å². The summed E-state index contributed by atoms with van der Waals surface area (Å²) in [5.74, 6) is 0.0836. The second-order valence-corrected chi connectivity index (χ2v) is 8.90. The maximum absolute atomic E-state index is 12.9. The van der Waals surface area contributed by atoms with Gasteiger partial charge in [0.15, 0.2) is 0 Å². The Kier molecular flexibility index (Phi) is 6.70. The molecule has 2 aliphatic rings. The highest BCUT2D eigenvalue weighted by Crippen LogP contribution is 2.28. The Morgan fingerprint density at radius 3 is 2.38 bits per heavy atom. The van der Waals surface area contributed by atoms with E-state index in [1.54, 1.807) is 13.8 Å². The number of piperazine rings is 1. The molecule has 0 spiro atoms. The molecule has 0 radical (unpaired) electrons. The average Bonchev–Trinajstić information content (AvgIpc) is 2.94. The van der Waals surface area contributed by atoms with Crippen molar-refractivity contribution >= 4 is 28.3 Å². The van der Waals surface area contributed by atoms with Crippen molar-refractivity contribution in [3.8, 4) is 0 Å². The number of piperidine rings is 1. The minimum Gasteiger partial charge on any atom is -0.337 e. The molecule has 1 amide bonds. The molecule has 2 aliphatic heterocycles. The minimum atomic E-state index is -3.56. The average molecular weight is 406 g/mol. The monoisotopic (exact) mass is 405 g/mol. The van der Waals surface area contributed by atoms with Gasteiger partial charge in [-0.25, -0.2) is 8.42 Å². The predicted octanol–water partition coefficient (Wildman–Crippen LogP) is 0.669. The molecule has 0 aliphatic carbocycles. The van der Waals surface area contributed by atoms with Gasteiger partial charge in [0.05, 0.1) is 11.4 Å². The first-order chi connectivity index (χ1) is 11.8. The largest absolute Gasteiger partial charge is 0.337 e. The van der Waals surface area contributed by atoms with Crippen molar-refractivity contribution in [1.82, 2.24) is 24.7 Å². The zero-order valence-corrected chi connectivity index (χ0v) is 17.1. The molecule has 2 fully saturated rings. The molecule has 2 saturated heterocycles. The molecule has 148 valence electrons. The van der Waals surface area contributed by atoms with Gasteiger partial charge in [0.2, 0.25) is 15.9 Å². The van der Waals surface area contributed by atoms with Gasteiger partial charge in [-0.3, -0.25) is 9.89 Å². The van der Waals surface area contributed by atoms with Gasteiger partial charge in [-0.05, 0) is 33.6 Å². The fraction of sp³-hybridized carbons (Fsp3) is 0.750. The Hall–Kier alpha value is -1.16. The molecule has 1 aromatic heterocycles. The van der Waals surface area contributed by atoms with Crippen molar-refractivity contribution in [2.45, 2.75) is 44.6 Å². The normalized spacial score (nSPS) is 22.9. The van der Waals surface area contributed by atoms with E-state index in [1.807, 2.05) is 11.8 Å². The Labute approximate surface area is 161 Å². The number of nitrogens with one attached hydrogen (secondary N) is 2. The van der Waals surface area contributed by atoms with Crippen LogP contribution in [0.1, 0.15) is 31.2 Å². The van der Waals surface area contributed by atoms with Crippen LogP contribution < -0.4 is 5.32 Å². The first-order valence-electron chi connectivity index (χ1n) is 8.85. The summed E-state index contributed by atoms with van der Waals surface area (Å²) in [7, 11) is -3.56. The second kappa shape index (κ2) is 8.24. The fourth-order valence-electron chi connectivity index (χ4n) is 3.80. The van der Waals surface area contributed by atoms with E-state index in [1.165, 1.54) is 4.31 Å². The number of sulfonamides is 1. The van der Waals surface area contributed by atoms with Crippen LogP contribution in [-0.2, 0) is 14.8 Å². The smallest absolute Gasteiger partial charge is 0.246 e. The maximum atomic E-state index is 12.9. The molecule has 0 unspecified atom stereocenters. The van der Waals surface area contributed by atoms with Gasteiger partial charge in [-0.15, -0.1) is 12.4 Å². The highest BCUT2D eigenvalue weighted by molar-refractivity contribution is 7.89. The summed E-state index contributed by atoms with van der Waals surface area (Å²) in [4.78, 5) is 15.0. The highest BCUT2D eigenvalue weighted by atomic mass is 35.5. The number of aromatic amines is 1. The standard InChI is InChI=1S/C16H27N5O3S.ClH/c1-11-10-17-6-9-21(11)16(22)14-4-7-20(8-5-14)25(23,24)15-12(2)18-19-13(15)3;/h11,14,17H,4-10H2,1-3H3,(H,18,19);1H/t11-;/m0./s1. The summed E-state index contributed by atoms with van der Waals surface area (Å²) < 4.78 is 27.3. The third kappa shape index (κ3) is 3.90. The lowest BCUT2D eigenvalue weighted by atomic mass is 9.95. The zero-order chi connectivity index (χ0) is 18.2. The van der Waals surface area contributed by atoms with Crippen molar-refractivity contribution in [2.24, 2.45) is 5.92 Å². The number of halogens is 1. The number of rotatable bonds is 3. The Balaban J connectivity index is 0.00000243. The van der Waals surface area contributed by atoms with E-state index in [4.69, 9.17) is 0 Å². The molecule has 2 N–H and O–H groups in total. The maximum Gasteiger partial charge on any atom is 0.246 e. The van der Waals surface area contributed by atoms with E-state index in [2.05, 4.69) is 15.5 Å². The van der Waals surface area contributed by atoms with E-state index in [0.29, 0.717) is 37.3 Å². The first kappa shape index (κ1) is 21.1. The number of aromatic nitrogens is 2. The van der Waals surface area contributed by atoms with Gasteiger partial charge in [-0.2, -0.15) is 9.40 Å². The van der Waals surface area contributed by atoms with Gasteiger partial charge >= 0.3 is 0 Å². The van der Waals surface area contributed by atoms with E-state index in [9.17, 15) is 13.2 Å². The summed E-state index contributed by atoms with van der Waals surface area (Å²) in [6.45, 7) is 8.58. The number of carbonyl (C=O) groups is 1. The molecule has 8 nitrogen and oxygen atoms in total. The zero-order valence-electron chi connectivity index (χ0n) is 15.5. The lowest BCUT2D eigenvalue weighted by Gasteiger charge is -2.38. The van der Waals surface area contributed by atoms with Crippen LogP contribution in [0.4, 0.5) is 0 Å². The van der Waals surface area contributed by atoms with Crippen molar-refractivity contribution in [3.63, 3.8) is 0 Å². The molecule has 3 heterocycles. The van der Waals surface area contributed by atoms with Crippen LogP contribution in [0.3, 0.4) is 0 Å². The van der Waals surface area contributed by atoms with Crippen molar-refractivity contribution < 1.29 is 13.2 Å². The van der Waals surface area contributed by atoms with Crippen molar-refractivity contribution in [1.29, 1.82) is 0 Å². The van der Waals surface area contributed by atoms with E-state index >= 15 is 0 Å². The molecule has 10 heteroatoms. The quantitative estimate of drug-likeness (QED) is 0.770. The third-order valence-corrected chi connectivity index (χ3v) is 7.41. The van der Waals surface area contributed by atoms with E-state index in [0.717, 1.165) is 19.6 Å². The molecular formula is C16H28ClN5O3S. The minimum absolute atomic E-state index is 0. The Bertz CT molecular complexity index is 724. The van der Waals surface area contributed by atoms with Crippen LogP contribution in [0.5, 0.6) is 0 Å². The number of H-pyrrole nitrogens is 1. The SMILES string of the molecule is Cc1n[nH]c(C)c1S(=O)(=O)N1CCC(C(=O)N2CCNC[C@@H]2C)CC1.Cl. The predicted molar refractivity (Wildman–Crippen MR) is 101 cm³/mol. The molecule has 1 atom stereocenters. The van der Waals surface area contributed by atoms with Gasteiger partial charge in [0, 0.05) is 44.7 Å². The number of aryl methyl sites for hydroxylation is 2. The van der Waals surface area contributed by atoms with Crippen LogP contribution in [0, 0.1) is 19.8 Å². The molecular weight excluding hydrogens is 378 g/mol. The fourth-order valence-corrected chi connectivity index (χ4v) is 5.60. The lowest BCUT2D eigenvalue weighted by molar-refractivity contribution is -0.139. The van der Waals surface area contributed by atoms with Crippen LogP contribution in [-0.4, -0.2) is 72.5 Å². The van der Waals surface area contributed by atoms with Crippen molar-refractivity contribution in [3.05, 3.63) is 11.4 Å². The van der Waals surface area contributed by atoms with E-state index in [-0.39, 0.29) is 35.2 Å². The third-order valence-electron chi connectivity index (χ3n) is 5.25. The number of nitrogens with zero attached hydrogens (tertiary/aromatic N) is 3. The van der Waals surface area contributed by atoms with Crippen molar-refractivity contribution in [2.75, 3.05) is 32.7 Å². The lowest BCUT2D eigenvalue weighted by Crippen LogP contribution is -2.55. The number of carbonyl (C=O) groups excluding carboxylic acids is 1. The molecule has 3 rings (SSSR count). The van der Waals surface area contributed by atoms with Crippen LogP contribution in [0.15, 0.2) is 4.90 Å². The second-order valence-electron chi connectivity index (χ2n) is 7.03. The Morgan fingerprint density at radius 1 is 1.19 bits per heavy atom. The molecule has 26 heavy (non-hydrogen) atoms. The Morgan fingerprint density at radius 2 is 1.85 bits per heavy atom. The topological polar surface area (TPSA) is 98.4 Å². The van der Waals surface area contributed by atoms with Crippen LogP contribution in [0.25, 0.3) is 0 Å². The summed E-state index contributed by atoms with van der Waals surface area (Å²) >= 11 is 0.